The maximum atomic E-state index is 12.5. The Labute approximate surface area is 209 Å². The van der Waals surface area contributed by atoms with Crippen LogP contribution in [-0.4, -0.2) is 22.9 Å². The van der Waals surface area contributed by atoms with Crippen LogP contribution < -0.4 is 16.4 Å². The van der Waals surface area contributed by atoms with E-state index in [1.54, 1.807) is 66.7 Å². The van der Waals surface area contributed by atoms with Gasteiger partial charge in [0.1, 0.15) is 11.9 Å². The lowest BCUT2D eigenvalue weighted by Crippen LogP contribution is -2.17. The molecule has 0 aliphatic heterocycles. The molecule has 186 valence electrons. The van der Waals surface area contributed by atoms with Gasteiger partial charge in [0.15, 0.2) is 5.78 Å². The van der Waals surface area contributed by atoms with Crippen LogP contribution in [0.2, 0.25) is 0 Å². The summed E-state index contributed by atoms with van der Waals surface area (Å²) in [5.41, 5.74) is 8.65. The molecule has 0 aliphatic rings. The Kier molecular flexibility index (Phi) is 9.22. The summed E-state index contributed by atoms with van der Waals surface area (Å²) in [7, 11) is 0. The number of para-hydroxylation sites is 2. The van der Waals surface area contributed by atoms with Crippen molar-refractivity contribution in [1.82, 2.24) is 0 Å². The Morgan fingerprint density at radius 2 is 1.67 bits per heavy atom. The maximum absolute atomic E-state index is 12.5. The molecule has 0 unspecified atom stereocenters. The highest BCUT2D eigenvalue weighted by atomic mass is 16.6. The van der Waals surface area contributed by atoms with Gasteiger partial charge in [-0.3, -0.25) is 14.9 Å². The molecule has 36 heavy (non-hydrogen) atoms. The van der Waals surface area contributed by atoms with Crippen LogP contribution in [0.3, 0.4) is 0 Å². The van der Waals surface area contributed by atoms with E-state index in [1.165, 1.54) is 25.1 Å². The molecule has 0 saturated heterocycles. The van der Waals surface area contributed by atoms with Gasteiger partial charge >= 0.3 is 6.09 Å². The van der Waals surface area contributed by atoms with Crippen LogP contribution in [0.4, 0.5) is 21.9 Å². The first-order valence-corrected chi connectivity index (χ1v) is 11.5. The zero-order chi connectivity index (χ0) is 25.9. The molecule has 0 spiro atoms. The number of unbranched alkanes of at least 4 members (excludes halogenated alkanes) is 1. The fourth-order valence-corrected chi connectivity index (χ4v) is 3.44. The van der Waals surface area contributed by atoms with Gasteiger partial charge in [0, 0.05) is 11.3 Å². The topological polar surface area (TPSA) is 131 Å². The van der Waals surface area contributed by atoms with Crippen molar-refractivity contribution in [3.8, 4) is 5.75 Å². The van der Waals surface area contributed by atoms with Crippen molar-refractivity contribution < 1.29 is 24.2 Å². The molecule has 0 aromatic heterocycles. The zero-order valence-corrected chi connectivity index (χ0v) is 19.9. The summed E-state index contributed by atoms with van der Waals surface area (Å²) in [5, 5.41) is 15.0. The number of rotatable bonds is 10. The van der Waals surface area contributed by atoms with Crippen LogP contribution in [0, 0.1) is 0 Å². The van der Waals surface area contributed by atoms with E-state index in [0.29, 0.717) is 41.9 Å². The molecule has 2 amide bonds. The third kappa shape index (κ3) is 8.02. The summed E-state index contributed by atoms with van der Waals surface area (Å²) < 4.78 is 5.66. The minimum absolute atomic E-state index is 0.0627. The highest BCUT2D eigenvalue weighted by Gasteiger charge is 2.17. The Bertz CT molecular complexity index is 1220. The summed E-state index contributed by atoms with van der Waals surface area (Å²) in [5.74, 6) is -0.234. The van der Waals surface area contributed by atoms with E-state index in [0.717, 1.165) is 5.56 Å². The molecular formula is C28H29N3O5. The van der Waals surface area contributed by atoms with Crippen LogP contribution in [0.5, 0.6) is 5.75 Å². The Balaban J connectivity index is 1.55. The van der Waals surface area contributed by atoms with Crippen LogP contribution in [0.25, 0.3) is 0 Å². The number of anilines is 3. The van der Waals surface area contributed by atoms with E-state index in [-0.39, 0.29) is 17.4 Å². The number of carbonyl (C=O) groups excluding carboxylic acids is 3. The first kappa shape index (κ1) is 26.0. The number of nitrogen functional groups attached to an aromatic ring is 1. The van der Waals surface area contributed by atoms with Crippen LogP contribution in [0.15, 0.2) is 84.9 Å². The van der Waals surface area contributed by atoms with Crippen molar-refractivity contribution in [1.29, 1.82) is 0 Å². The predicted octanol–water partition coefficient (Wildman–Crippen LogP) is 5.83. The Morgan fingerprint density at radius 3 is 2.33 bits per heavy atom. The van der Waals surface area contributed by atoms with Crippen molar-refractivity contribution in [2.24, 2.45) is 0 Å². The van der Waals surface area contributed by atoms with Crippen molar-refractivity contribution in [3.63, 3.8) is 0 Å². The first-order chi connectivity index (χ1) is 17.3. The summed E-state index contributed by atoms with van der Waals surface area (Å²) in [6.45, 7) is 1.47. The van der Waals surface area contributed by atoms with Gasteiger partial charge in [-0.2, -0.15) is 0 Å². The number of ketones is 1. The number of benzene rings is 3. The highest BCUT2D eigenvalue weighted by molar-refractivity contribution is 6.01. The normalized spacial score (nSPS) is 11.6. The van der Waals surface area contributed by atoms with Gasteiger partial charge < -0.3 is 20.9 Å². The van der Waals surface area contributed by atoms with Gasteiger partial charge in [0.2, 0.25) is 5.91 Å². The largest absolute Gasteiger partial charge is 0.508 e. The second-order valence-corrected chi connectivity index (χ2v) is 8.15. The molecule has 0 radical (unpaired) electrons. The number of phenols is 1. The lowest BCUT2D eigenvalue weighted by atomic mass is 10.0. The molecule has 0 saturated carbocycles. The number of carbonyl (C=O) groups is 3. The van der Waals surface area contributed by atoms with Gasteiger partial charge in [-0.05, 0) is 86.4 Å². The molecule has 0 heterocycles. The third-order valence-corrected chi connectivity index (χ3v) is 5.38. The van der Waals surface area contributed by atoms with Gasteiger partial charge in [0.25, 0.3) is 0 Å². The second kappa shape index (κ2) is 12.8. The number of hydrogen-bond donors (Lipinski definition) is 4. The number of phenolic OH excluding ortho intramolecular Hbond substituents is 1. The van der Waals surface area contributed by atoms with Crippen LogP contribution >= 0.6 is 0 Å². The first-order valence-electron chi connectivity index (χ1n) is 11.5. The summed E-state index contributed by atoms with van der Waals surface area (Å²) in [4.78, 5) is 36.1. The van der Waals surface area contributed by atoms with Crippen LogP contribution in [0.1, 0.15) is 48.2 Å². The van der Waals surface area contributed by atoms with E-state index in [4.69, 9.17) is 10.5 Å². The fraction of sp³-hybridized carbons (Fsp3) is 0.179. The quantitative estimate of drug-likeness (QED) is 0.123. The molecule has 3 rings (SSSR count). The maximum Gasteiger partial charge on any atom is 0.412 e. The Hall–Kier alpha value is -4.59. The van der Waals surface area contributed by atoms with Crippen LogP contribution in [-0.2, 0) is 9.53 Å². The lowest BCUT2D eigenvalue weighted by molar-refractivity contribution is -0.111. The fourth-order valence-electron chi connectivity index (χ4n) is 3.44. The smallest absolute Gasteiger partial charge is 0.412 e. The average Bonchev–Trinajstić information content (AvgIpc) is 2.85. The monoisotopic (exact) mass is 487 g/mol. The van der Waals surface area contributed by atoms with Gasteiger partial charge in [-0.15, -0.1) is 0 Å². The lowest BCUT2D eigenvalue weighted by Gasteiger charge is -2.19. The van der Waals surface area contributed by atoms with Gasteiger partial charge in [-0.25, -0.2) is 4.79 Å². The number of hydrogen-bond acceptors (Lipinski definition) is 6. The van der Waals surface area contributed by atoms with Crippen molar-refractivity contribution in [2.75, 3.05) is 16.4 Å². The molecule has 1 atom stereocenters. The van der Waals surface area contributed by atoms with Gasteiger partial charge in [0.05, 0.1) is 11.4 Å². The molecule has 8 heteroatoms. The van der Waals surface area contributed by atoms with E-state index < -0.39 is 12.2 Å². The van der Waals surface area contributed by atoms with Crippen molar-refractivity contribution in [3.05, 3.63) is 96.1 Å². The molecule has 0 bridgehead atoms. The van der Waals surface area contributed by atoms with Crippen molar-refractivity contribution in [2.45, 2.75) is 32.3 Å². The van der Waals surface area contributed by atoms with Gasteiger partial charge in [-0.1, -0.05) is 30.3 Å². The molecular weight excluding hydrogens is 458 g/mol. The number of amides is 2. The van der Waals surface area contributed by atoms with Crippen molar-refractivity contribution >= 4 is 34.8 Å². The summed E-state index contributed by atoms with van der Waals surface area (Å²) in [6, 6.07) is 20.0. The third-order valence-electron chi connectivity index (χ3n) is 5.38. The number of aromatic hydroxyl groups is 1. The SMILES string of the molecule is CC(=O)c1ccc(NC(=O)O[C@H](CCC/C=C/C(=O)Nc2ccccc2N)c2ccc(O)cc2)cc1. The minimum atomic E-state index is -0.640. The average molecular weight is 488 g/mol. The molecule has 0 fully saturated rings. The zero-order valence-electron chi connectivity index (χ0n) is 19.9. The van der Waals surface area contributed by atoms with E-state index in [2.05, 4.69) is 10.6 Å². The number of nitrogens with two attached hydrogens (primary N) is 1. The minimum Gasteiger partial charge on any atom is -0.508 e. The summed E-state index contributed by atoms with van der Waals surface area (Å²) >= 11 is 0. The second-order valence-electron chi connectivity index (χ2n) is 8.15. The molecule has 5 N–H and O–H groups in total. The number of allylic oxidation sites excluding steroid dienone is 1. The number of ether oxygens (including phenoxy) is 1. The highest BCUT2D eigenvalue weighted by Crippen LogP contribution is 2.26. The molecule has 8 nitrogen and oxygen atoms in total. The molecule has 3 aromatic carbocycles. The number of nitrogens with one attached hydrogen (secondary N) is 2. The molecule has 0 aliphatic carbocycles. The van der Waals surface area contributed by atoms with E-state index >= 15 is 0 Å². The van der Waals surface area contributed by atoms with E-state index in [1.807, 2.05) is 0 Å². The summed E-state index contributed by atoms with van der Waals surface area (Å²) in [6.07, 6.45) is 3.72. The molecule has 3 aromatic rings. The predicted molar refractivity (Wildman–Crippen MR) is 140 cm³/mol. The van der Waals surface area contributed by atoms with E-state index in [9.17, 15) is 19.5 Å². The number of Topliss-reactive ketones (excluding diaryl/α,β-unsaturated/α-hetero) is 1. The standard InChI is InChI=1S/C28H29N3O5/c1-19(32)20-11-15-22(16-12-20)30-28(35)36-26(21-13-17-23(33)18-14-21)9-3-2-4-10-27(34)31-25-8-6-5-7-24(25)29/h4-8,10-18,26,33H,2-3,9,29H2,1H3,(H,30,35)(H,31,34)/b10-4+/t26-/m1/s1. The Morgan fingerprint density at radius 1 is 0.972 bits per heavy atom.